The van der Waals surface area contributed by atoms with Crippen LogP contribution < -0.4 is 0 Å². The monoisotopic (exact) mass is 206 g/mol. The maximum atomic E-state index is 11.4. The molecule has 0 aliphatic heterocycles. The number of ether oxygens (including phenoxy) is 1. The van der Waals surface area contributed by atoms with Gasteiger partial charge in [-0.2, -0.15) is 0 Å². The van der Waals surface area contributed by atoms with Crippen molar-refractivity contribution in [1.82, 2.24) is 0 Å². The number of ketones is 1. The minimum absolute atomic E-state index is 0.0404. The van der Waals surface area contributed by atoms with Crippen molar-refractivity contribution in [1.29, 1.82) is 0 Å². The van der Waals surface area contributed by atoms with Gasteiger partial charge >= 0.3 is 5.97 Å². The predicted molar refractivity (Wildman–Crippen MR) is 56.9 cm³/mol. The summed E-state index contributed by atoms with van der Waals surface area (Å²) in [7, 11) is 1.34. The topological polar surface area (TPSA) is 43.4 Å². The molecule has 80 valence electrons. The second-order valence-electron chi connectivity index (χ2n) is 3.39. The lowest BCUT2D eigenvalue weighted by Crippen LogP contribution is -2.13. The third kappa shape index (κ3) is 2.43. The van der Waals surface area contributed by atoms with Crippen molar-refractivity contribution in [2.75, 3.05) is 7.11 Å². The lowest BCUT2D eigenvalue weighted by atomic mass is 9.94. The molecule has 1 aromatic carbocycles. The first kappa shape index (κ1) is 11.4. The Kier molecular flexibility index (Phi) is 3.61. The van der Waals surface area contributed by atoms with E-state index >= 15 is 0 Å². The van der Waals surface area contributed by atoms with Crippen LogP contribution in [0.15, 0.2) is 24.3 Å². The minimum Gasteiger partial charge on any atom is -0.469 e. The number of rotatable bonds is 3. The lowest BCUT2D eigenvalue weighted by molar-refractivity contribution is -0.141. The van der Waals surface area contributed by atoms with E-state index in [9.17, 15) is 9.59 Å². The zero-order chi connectivity index (χ0) is 11.4. The Morgan fingerprint density at radius 1 is 1.27 bits per heavy atom. The van der Waals surface area contributed by atoms with Crippen LogP contribution in [0.3, 0.4) is 0 Å². The van der Waals surface area contributed by atoms with Crippen LogP contribution in [0.2, 0.25) is 0 Å². The summed E-state index contributed by atoms with van der Waals surface area (Å²) in [6.07, 6.45) is 0. The van der Waals surface area contributed by atoms with Crippen molar-refractivity contribution >= 4 is 11.8 Å². The first-order valence-electron chi connectivity index (χ1n) is 4.75. The van der Waals surface area contributed by atoms with Crippen molar-refractivity contribution in [2.45, 2.75) is 19.8 Å². The van der Waals surface area contributed by atoms with Crippen molar-refractivity contribution in [2.24, 2.45) is 0 Å². The fraction of sp³-hybridized carbons (Fsp3) is 0.333. The normalized spacial score (nSPS) is 11.9. The number of carbonyl (C=O) groups is 2. The Bertz CT molecular complexity index is 382. The molecule has 0 amide bonds. The van der Waals surface area contributed by atoms with E-state index in [4.69, 9.17) is 0 Å². The van der Waals surface area contributed by atoms with Crippen LogP contribution in [0.25, 0.3) is 0 Å². The van der Waals surface area contributed by atoms with Gasteiger partial charge in [0.1, 0.15) is 0 Å². The van der Waals surface area contributed by atoms with E-state index in [1.165, 1.54) is 14.0 Å². The molecule has 0 saturated carbocycles. The van der Waals surface area contributed by atoms with Gasteiger partial charge in [0.05, 0.1) is 13.0 Å². The van der Waals surface area contributed by atoms with Crippen LogP contribution in [-0.2, 0) is 9.53 Å². The Balaban J connectivity index is 3.13. The zero-order valence-electron chi connectivity index (χ0n) is 9.11. The van der Waals surface area contributed by atoms with Gasteiger partial charge in [-0.1, -0.05) is 24.3 Å². The molecule has 0 aromatic heterocycles. The Morgan fingerprint density at radius 3 is 2.40 bits per heavy atom. The second-order valence-corrected chi connectivity index (χ2v) is 3.39. The van der Waals surface area contributed by atoms with Gasteiger partial charge in [-0.05, 0) is 19.4 Å². The number of hydrogen-bond donors (Lipinski definition) is 0. The molecule has 3 heteroatoms. The fourth-order valence-corrected chi connectivity index (χ4v) is 1.50. The summed E-state index contributed by atoms with van der Waals surface area (Å²) < 4.78 is 4.65. The SMILES string of the molecule is COC(=O)C(C)c1ccccc1C(C)=O. The highest BCUT2D eigenvalue weighted by Gasteiger charge is 2.19. The number of carbonyl (C=O) groups excluding carboxylic acids is 2. The van der Waals surface area contributed by atoms with E-state index in [2.05, 4.69) is 4.74 Å². The molecule has 0 spiro atoms. The van der Waals surface area contributed by atoms with Gasteiger partial charge in [0.15, 0.2) is 5.78 Å². The van der Waals surface area contributed by atoms with E-state index in [0.717, 1.165) is 5.56 Å². The predicted octanol–water partition coefficient (Wildman–Crippen LogP) is 2.17. The van der Waals surface area contributed by atoms with E-state index in [1.807, 2.05) is 0 Å². The lowest BCUT2D eigenvalue weighted by Gasteiger charge is -2.12. The molecule has 1 rings (SSSR count). The average molecular weight is 206 g/mol. The van der Waals surface area contributed by atoms with Gasteiger partial charge in [0.25, 0.3) is 0 Å². The van der Waals surface area contributed by atoms with E-state index in [0.29, 0.717) is 5.56 Å². The standard InChI is InChI=1S/C12H14O3/c1-8(12(14)15-3)10-6-4-5-7-11(10)9(2)13/h4-8H,1-3H3. The van der Waals surface area contributed by atoms with Crippen molar-refractivity contribution in [3.05, 3.63) is 35.4 Å². The summed E-state index contributed by atoms with van der Waals surface area (Å²) in [6.45, 7) is 3.22. The van der Waals surface area contributed by atoms with Crippen LogP contribution in [0.5, 0.6) is 0 Å². The zero-order valence-corrected chi connectivity index (χ0v) is 9.11. The first-order chi connectivity index (χ1) is 7.07. The Labute approximate surface area is 89.1 Å². The summed E-state index contributed by atoms with van der Waals surface area (Å²) in [5, 5.41) is 0. The quantitative estimate of drug-likeness (QED) is 0.562. The molecule has 0 fully saturated rings. The van der Waals surface area contributed by atoms with Crippen molar-refractivity contribution in [3.8, 4) is 0 Å². The summed E-state index contributed by atoms with van der Waals surface area (Å²) in [5.41, 5.74) is 1.30. The molecule has 1 atom stereocenters. The van der Waals surface area contributed by atoms with Crippen LogP contribution >= 0.6 is 0 Å². The highest BCUT2D eigenvalue weighted by Crippen LogP contribution is 2.21. The second kappa shape index (κ2) is 4.73. The number of esters is 1. The smallest absolute Gasteiger partial charge is 0.312 e. The largest absolute Gasteiger partial charge is 0.469 e. The third-order valence-electron chi connectivity index (χ3n) is 2.36. The maximum Gasteiger partial charge on any atom is 0.312 e. The molecular weight excluding hydrogens is 192 g/mol. The van der Waals surface area contributed by atoms with Crippen LogP contribution in [0, 0.1) is 0 Å². The highest BCUT2D eigenvalue weighted by molar-refractivity contribution is 5.97. The molecule has 0 aliphatic rings. The van der Waals surface area contributed by atoms with E-state index < -0.39 is 5.92 Å². The Morgan fingerprint density at radius 2 is 1.87 bits per heavy atom. The number of Topliss-reactive ketones (excluding diaryl/α,β-unsaturated/α-hetero) is 1. The van der Waals surface area contributed by atoms with Gasteiger partial charge in [0.2, 0.25) is 0 Å². The van der Waals surface area contributed by atoms with Crippen molar-refractivity contribution < 1.29 is 14.3 Å². The molecule has 3 nitrogen and oxygen atoms in total. The molecule has 0 heterocycles. The molecular formula is C12H14O3. The average Bonchev–Trinajstić information content (AvgIpc) is 2.27. The summed E-state index contributed by atoms with van der Waals surface area (Å²) in [6, 6.07) is 7.08. The molecule has 0 saturated heterocycles. The summed E-state index contributed by atoms with van der Waals surface area (Å²) in [4.78, 5) is 22.7. The first-order valence-corrected chi connectivity index (χ1v) is 4.75. The molecule has 0 aliphatic carbocycles. The molecule has 0 N–H and O–H groups in total. The highest BCUT2D eigenvalue weighted by atomic mass is 16.5. The van der Waals surface area contributed by atoms with Crippen LogP contribution in [0.4, 0.5) is 0 Å². The number of benzene rings is 1. The molecule has 1 aromatic rings. The number of hydrogen-bond acceptors (Lipinski definition) is 3. The van der Waals surface area contributed by atoms with E-state index in [-0.39, 0.29) is 11.8 Å². The van der Waals surface area contributed by atoms with Gasteiger partial charge in [-0.25, -0.2) is 0 Å². The molecule has 0 radical (unpaired) electrons. The van der Waals surface area contributed by atoms with Crippen molar-refractivity contribution in [3.63, 3.8) is 0 Å². The van der Waals surface area contributed by atoms with Gasteiger partial charge in [-0.15, -0.1) is 0 Å². The van der Waals surface area contributed by atoms with Gasteiger partial charge in [0, 0.05) is 5.56 Å². The number of methoxy groups -OCH3 is 1. The fourth-order valence-electron chi connectivity index (χ4n) is 1.50. The maximum absolute atomic E-state index is 11.4. The molecule has 1 unspecified atom stereocenters. The van der Waals surface area contributed by atoms with E-state index in [1.54, 1.807) is 31.2 Å². The third-order valence-corrected chi connectivity index (χ3v) is 2.36. The summed E-state index contributed by atoms with van der Waals surface area (Å²) >= 11 is 0. The van der Waals surface area contributed by atoms with Gasteiger partial charge in [-0.3, -0.25) is 9.59 Å². The Hall–Kier alpha value is -1.64. The minimum atomic E-state index is -0.407. The van der Waals surface area contributed by atoms with Gasteiger partial charge < -0.3 is 4.74 Å². The molecule has 15 heavy (non-hydrogen) atoms. The molecule has 0 bridgehead atoms. The summed E-state index contributed by atoms with van der Waals surface area (Å²) in [5.74, 6) is -0.778. The van der Waals surface area contributed by atoms with Crippen LogP contribution in [0.1, 0.15) is 35.7 Å². The van der Waals surface area contributed by atoms with Crippen LogP contribution in [-0.4, -0.2) is 18.9 Å².